The van der Waals surface area contributed by atoms with Crippen LogP contribution in [0.5, 0.6) is 5.75 Å². The topological polar surface area (TPSA) is 41.6 Å². The highest BCUT2D eigenvalue weighted by Crippen LogP contribution is 2.17. The summed E-state index contributed by atoms with van der Waals surface area (Å²) in [5, 5.41) is 3.70. The van der Waals surface area contributed by atoms with E-state index in [-0.39, 0.29) is 5.91 Å². The van der Waals surface area contributed by atoms with Crippen molar-refractivity contribution in [2.45, 2.75) is 25.3 Å². The minimum atomic E-state index is 0.0570. The standard InChI is InChI=1S/C15H21ClN2O2/c1-18-8-5-13(6-9-18)17-15(19)7-10-20-14-4-2-3-12(16)11-14/h2-4,11,13H,5-10H2,1H3,(H,17,19). The third-order valence-electron chi connectivity index (χ3n) is 3.48. The summed E-state index contributed by atoms with van der Waals surface area (Å²) in [5.74, 6) is 0.756. The van der Waals surface area contributed by atoms with Gasteiger partial charge in [-0.1, -0.05) is 17.7 Å². The van der Waals surface area contributed by atoms with Crippen LogP contribution in [-0.4, -0.2) is 43.6 Å². The van der Waals surface area contributed by atoms with Gasteiger partial charge in [-0.05, 0) is 51.2 Å². The molecule has 1 heterocycles. The normalized spacial score (nSPS) is 16.9. The molecule has 20 heavy (non-hydrogen) atoms. The summed E-state index contributed by atoms with van der Waals surface area (Å²) in [5.41, 5.74) is 0. The number of hydrogen-bond donors (Lipinski definition) is 1. The van der Waals surface area contributed by atoms with Gasteiger partial charge in [-0.15, -0.1) is 0 Å². The van der Waals surface area contributed by atoms with Gasteiger partial charge in [0.25, 0.3) is 0 Å². The Morgan fingerprint density at radius 3 is 2.90 bits per heavy atom. The van der Waals surface area contributed by atoms with Crippen molar-refractivity contribution < 1.29 is 9.53 Å². The molecule has 0 atom stereocenters. The lowest BCUT2D eigenvalue weighted by Gasteiger charge is -2.29. The second-order valence-electron chi connectivity index (χ2n) is 5.20. The number of hydrogen-bond acceptors (Lipinski definition) is 3. The largest absolute Gasteiger partial charge is 0.493 e. The Kier molecular flexibility index (Phi) is 5.68. The van der Waals surface area contributed by atoms with Gasteiger partial charge < -0.3 is 15.0 Å². The molecule has 0 radical (unpaired) electrons. The minimum absolute atomic E-state index is 0.0570. The van der Waals surface area contributed by atoms with Crippen LogP contribution in [0, 0.1) is 0 Å². The Morgan fingerprint density at radius 2 is 2.20 bits per heavy atom. The fourth-order valence-electron chi connectivity index (χ4n) is 2.27. The number of ether oxygens (including phenoxy) is 1. The molecule has 1 saturated heterocycles. The lowest BCUT2D eigenvalue weighted by molar-refractivity contribution is -0.122. The first kappa shape index (κ1) is 15.1. The molecule has 0 unspecified atom stereocenters. The number of carbonyl (C=O) groups excluding carboxylic acids is 1. The van der Waals surface area contributed by atoms with Crippen LogP contribution in [-0.2, 0) is 4.79 Å². The number of nitrogens with one attached hydrogen (secondary N) is 1. The number of benzene rings is 1. The minimum Gasteiger partial charge on any atom is -0.493 e. The number of halogens is 1. The van der Waals surface area contributed by atoms with E-state index in [1.807, 2.05) is 12.1 Å². The van der Waals surface area contributed by atoms with Gasteiger partial charge >= 0.3 is 0 Å². The average Bonchev–Trinajstić information content (AvgIpc) is 2.41. The number of nitrogens with zero attached hydrogens (tertiary/aromatic N) is 1. The zero-order valence-electron chi connectivity index (χ0n) is 11.8. The Balaban J connectivity index is 1.65. The van der Waals surface area contributed by atoms with Crippen molar-refractivity contribution >= 4 is 17.5 Å². The number of amides is 1. The average molecular weight is 297 g/mol. The van der Waals surface area contributed by atoms with Crippen LogP contribution in [0.3, 0.4) is 0 Å². The summed E-state index contributed by atoms with van der Waals surface area (Å²) >= 11 is 5.86. The van der Waals surface area contributed by atoms with Gasteiger partial charge in [-0.25, -0.2) is 0 Å². The Labute approximate surface area is 125 Å². The van der Waals surface area contributed by atoms with Gasteiger partial charge in [-0.2, -0.15) is 0 Å². The molecule has 0 spiro atoms. The Morgan fingerprint density at radius 1 is 1.45 bits per heavy atom. The molecular weight excluding hydrogens is 276 g/mol. The second-order valence-corrected chi connectivity index (χ2v) is 5.64. The first-order valence-corrected chi connectivity index (χ1v) is 7.37. The van der Waals surface area contributed by atoms with Gasteiger partial charge in [-0.3, -0.25) is 4.79 Å². The third kappa shape index (κ3) is 5.02. The first-order chi connectivity index (χ1) is 9.63. The number of piperidine rings is 1. The smallest absolute Gasteiger partial charge is 0.223 e. The predicted molar refractivity (Wildman–Crippen MR) is 80.2 cm³/mol. The molecule has 0 aliphatic carbocycles. The molecule has 0 bridgehead atoms. The van der Waals surface area contributed by atoms with Crippen LogP contribution >= 0.6 is 11.6 Å². The van der Waals surface area contributed by atoms with Gasteiger partial charge in [0.05, 0.1) is 13.0 Å². The molecule has 1 aliphatic rings. The predicted octanol–water partition coefficient (Wildman–Crippen LogP) is 2.32. The van der Waals surface area contributed by atoms with Gasteiger partial charge in [0.1, 0.15) is 5.75 Å². The van der Waals surface area contributed by atoms with Crippen molar-refractivity contribution in [2.75, 3.05) is 26.7 Å². The van der Waals surface area contributed by atoms with E-state index in [1.54, 1.807) is 12.1 Å². The fourth-order valence-corrected chi connectivity index (χ4v) is 2.45. The quantitative estimate of drug-likeness (QED) is 0.907. The number of carbonyl (C=O) groups is 1. The van der Waals surface area contributed by atoms with Crippen LogP contribution in [0.2, 0.25) is 5.02 Å². The van der Waals surface area contributed by atoms with E-state index in [0.717, 1.165) is 25.9 Å². The van der Waals surface area contributed by atoms with E-state index in [4.69, 9.17) is 16.3 Å². The van der Waals surface area contributed by atoms with Gasteiger partial charge in [0, 0.05) is 11.1 Å². The molecule has 0 saturated carbocycles. The number of rotatable bonds is 5. The van der Waals surface area contributed by atoms with Crippen LogP contribution in [0.1, 0.15) is 19.3 Å². The number of likely N-dealkylation sites (tertiary alicyclic amines) is 1. The molecule has 5 heteroatoms. The van der Waals surface area contributed by atoms with E-state index in [0.29, 0.717) is 29.8 Å². The summed E-state index contributed by atoms with van der Waals surface area (Å²) in [6, 6.07) is 7.51. The molecule has 1 N–H and O–H groups in total. The molecule has 1 amide bonds. The Hall–Kier alpha value is -1.26. The molecule has 1 aromatic carbocycles. The van der Waals surface area contributed by atoms with Crippen molar-refractivity contribution in [2.24, 2.45) is 0 Å². The van der Waals surface area contributed by atoms with Gasteiger partial charge in [0.2, 0.25) is 5.91 Å². The molecule has 0 aromatic heterocycles. The molecule has 110 valence electrons. The monoisotopic (exact) mass is 296 g/mol. The Bertz CT molecular complexity index is 445. The maximum Gasteiger partial charge on any atom is 0.223 e. The fraction of sp³-hybridized carbons (Fsp3) is 0.533. The first-order valence-electron chi connectivity index (χ1n) is 7.00. The van der Waals surface area contributed by atoms with E-state index in [2.05, 4.69) is 17.3 Å². The SMILES string of the molecule is CN1CCC(NC(=O)CCOc2cccc(Cl)c2)CC1. The molecular formula is C15H21ClN2O2. The highest BCUT2D eigenvalue weighted by Gasteiger charge is 2.18. The lowest BCUT2D eigenvalue weighted by Crippen LogP contribution is -2.43. The maximum atomic E-state index is 11.8. The van der Waals surface area contributed by atoms with E-state index in [9.17, 15) is 4.79 Å². The van der Waals surface area contributed by atoms with Crippen molar-refractivity contribution in [1.29, 1.82) is 0 Å². The van der Waals surface area contributed by atoms with E-state index >= 15 is 0 Å². The highest BCUT2D eigenvalue weighted by atomic mass is 35.5. The lowest BCUT2D eigenvalue weighted by atomic mass is 10.1. The highest BCUT2D eigenvalue weighted by molar-refractivity contribution is 6.30. The van der Waals surface area contributed by atoms with Crippen LogP contribution in [0.25, 0.3) is 0 Å². The molecule has 1 aromatic rings. The van der Waals surface area contributed by atoms with Crippen LogP contribution in [0.15, 0.2) is 24.3 Å². The van der Waals surface area contributed by atoms with Crippen molar-refractivity contribution in [3.05, 3.63) is 29.3 Å². The second kappa shape index (κ2) is 7.50. The third-order valence-corrected chi connectivity index (χ3v) is 3.71. The van der Waals surface area contributed by atoms with Crippen molar-refractivity contribution in [3.8, 4) is 5.75 Å². The molecule has 2 rings (SSSR count). The summed E-state index contributed by atoms with van der Waals surface area (Å²) in [4.78, 5) is 14.1. The van der Waals surface area contributed by atoms with E-state index in [1.165, 1.54) is 0 Å². The van der Waals surface area contributed by atoms with Crippen LogP contribution in [0.4, 0.5) is 0 Å². The van der Waals surface area contributed by atoms with Gasteiger partial charge in [0.15, 0.2) is 0 Å². The zero-order chi connectivity index (χ0) is 14.4. The summed E-state index contributed by atoms with van der Waals surface area (Å²) < 4.78 is 5.51. The van der Waals surface area contributed by atoms with Crippen molar-refractivity contribution in [3.63, 3.8) is 0 Å². The summed E-state index contributed by atoms with van der Waals surface area (Å²) in [6.07, 6.45) is 2.42. The maximum absolute atomic E-state index is 11.8. The molecule has 4 nitrogen and oxygen atoms in total. The zero-order valence-corrected chi connectivity index (χ0v) is 12.5. The van der Waals surface area contributed by atoms with Crippen LogP contribution < -0.4 is 10.1 Å². The van der Waals surface area contributed by atoms with Crippen molar-refractivity contribution in [1.82, 2.24) is 10.2 Å². The molecule has 1 aliphatic heterocycles. The molecule has 1 fully saturated rings. The van der Waals surface area contributed by atoms with E-state index < -0.39 is 0 Å². The summed E-state index contributed by atoms with van der Waals surface area (Å²) in [7, 11) is 2.11. The summed E-state index contributed by atoms with van der Waals surface area (Å²) in [6.45, 7) is 2.47.